The predicted molar refractivity (Wildman–Crippen MR) is 145 cm³/mol. The van der Waals surface area contributed by atoms with E-state index in [1.54, 1.807) is 6.20 Å². The Morgan fingerprint density at radius 2 is 1.65 bits per heavy atom. The van der Waals surface area contributed by atoms with Gasteiger partial charge in [0.05, 0.1) is 17.9 Å². The van der Waals surface area contributed by atoms with Crippen molar-refractivity contribution in [2.24, 2.45) is 0 Å². The van der Waals surface area contributed by atoms with E-state index in [0.29, 0.717) is 24.6 Å². The molecule has 1 saturated carbocycles. The van der Waals surface area contributed by atoms with Gasteiger partial charge < -0.3 is 10.2 Å². The molecule has 195 valence electrons. The molecule has 2 fully saturated rings. The van der Waals surface area contributed by atoms with Crippen molar-refractivity contribution in [3.63, 3.8) is 0 Å². The van der Waals surface area contributed by atoms with Crippen LogP contribution in [0.5, 0.6) is 0 Å². The quantitative estimate of drug-likeness (QED) is 0.554. The van der Waals surface area contributed by atoms with Gasteiger partial charge in [0, 0.05) is 47.5 Å². The molecule has 1 aromatic carbocycles. The van der Waals surface area contributed by atoms with Crippen molar-refractivity contribution in [3.05, 3.63) is 40.7 Å². The number of benzene rings is 1. The Balaban J connectivity index is 0.00000280. The number of nitrogens with one attached hydrogen (secondary N) is 2. The summed E-state index contributed by atoms with van der Waals surface area (Å²) in [7, 11) is -2.09. The number of hydrogen-bond acceptors (Lipinski definition) is 5. The first kappa shape index (κ1) is 27.0. The molecule has 2 amide bonds. The van der Waals surface area contributed by atoms with Crippen LogP contribution >= 0.6 is 0 Å². The molecule has 2 aromatic rings. The molecule has 0 bridgehead atoms. The van der Waals surface area contributed by atoms with Gasteiger partial charge in [-0.2, -0.15) is 13.5 Å². The first-order chi connectivity index (χ1) is 17.4. The van der Waals surface area contributed by atoms with Crippen molar-refractivity contribution < 1.29 is 13.2 Å². The van der Waals surface area contributed by atoms with Gasteiger partial charge in [-0.25, -0.2) is 13.8 Å². The van der Waals surface area contributed by atoms with E-state index in [9.17, 15) is 13.2 Å². The van der Waals surface area contributed by atoms with Gasteiger partial charge in [0.15, 0.2) is 0 Å². The van der Waals surface area contributed by atoms with Crippen LogP contribution in [0.4, 0.5) is 16.2 Å². The fourth-order valence-electron chi connectivity index (χ4n) is 6.34. The third-order valence-corrected chi connectivity index (χ3v) is 9.97. The summed E-state index contributed by atoms with van der Waals surface area (Å²) in [6.45, 7) is 1.61. The molecule has 37 heavy (non-hydrogen) atoms. The van der Waals surface area contributed by atoms with Crippen LogP contribution < -0.4 is 14.3 Å². The summed E-state index contributed by atoms with van der Waals surface area (Å²) in [4.78, 5) is 15.4. The van der Waals surface area contributed by atoms with Crippen LogP contribution in [0.3, 0.4) is 0 Å². The molecule has 1 saturated heterocycles. The van der Waals surface area contributed by atoms with Gasteiger partial charge in [0.2, 0.25) is 0 Å². The minimum absolute atomic E-state index is 0. The van der Waals surface area contributed by atoms with E-state index in [1.165, 1.54) is 33.0 Å². The zero-order valence-electron chi connectivity index (χ0n) is 22.0. The molecule has 6 rings (SSSR count). The van der Waals surface area contributed by atoms with Crippen LogP contribution in [-0.2, 0) is 35.9 Å². The van der Waals surface area contributed by atoms with Crippen molar-refractivity contribution in [2.75, 3.05) is 29.8 Å². The van der Waals surface area contributed by atoms with Gasteiger partial charge in [-0.05, 0) is 113 Å². The Morgan fingerprint density at radius 3 is 2.24 bits per heavy atom. The normalized spacial score (nSPS) is 20.0. The minimum atomic E-state index is -4.14. The maximum Gasteiger partial charge on any atom is 0.334 e. The minimum Gasteiger partial charge on any atom is -0.307 e. The Morgan fingerprint density at radius 1 is 1.00 bits per heavy atom. The van der Waals surface area contributed by atoms with Crippen LogP contribution in [0, 0.1) is 0 Å². The predicted octanol–water partition coefficient (Wildman–Crippen LogP) is 3.17. The number of aryl methyl sites for hydroxylation is 2. The van der Waals surface area contributed by atoms with Crippen molar-refractivity contribution in [3.8, 4) is 0 Å². The SMILES string of the molecule is CN1CCC(N(c2cnn(C3CCC3)c2)S(=O)(=O)NC(=O)Nc2c3c(cc4c2CCC4)CCC3)CC1.[Na]. The van der Waals surface area contributed by atoms with Gasteiger partial charge in [0.1, 0.15) is 0 Å². The number of aromatic nitrogens is 2. The maximum absolute atomic E-state index is 13.7. The standard InChI is InChI=1S/C26H36N6O3S.Na/c1-30-13-11-21(12-14-30)32(22-16-27-31(17-22)20-7-4-8-20)36(34,35)29-26(33)28-25-23-9-2-5-18(23)15-19-6-3-10-24(19)25;/h15-17,20-21H,2-14H2,1H3,(H2,28,29,33);. The van der Waals surface area contributed by atoms with E-state index < -0.39 is 16.2 Å². The fraction of sp³-hybridized carbons (Fsp3) is 0.615. The van der Waals surface area contributed by atoms with Crippen LogP contribution in [-0.4, -0.2) is 84.9 Å². The van der Waals surface area contributed by atoms with Gasteiger partial charge in [0.25, 0.3) is 0 Å². The van der Waals surface area contributed by atoms with Crippen LogP contribution in [0.15, 0.2) is 18.5 Å². The molecule has 2 heterocycles. The zero-order chi connectivity index (χ0) is 24.9. The van der Waals surface area contributed by atoms with Crippen molar-refractivity contribution >= 4 is 57.2 Å². The molecule has 3 aliphatic carbocycles. The monoisotopic (exact) mass is 535 g/mol. The average molecular weight is 536 g/mol. The van der Waals surface area contributed by atoms with Gasteiger partial charge in [-0.15, -0.1) is 0 Å². The number of piperidine rings is 1. The van der Waals surface area contributed by atoms with Crippen LogP contribution in [0.25, 0.3) is 0 Å². The molecule has 0 atom stereocenters. The number of carbonyl (C=O) groups is 1. The third-order valence-electron chi connectivity index (χ3n) is 8.50. The van der Waals surface area contributed by atoms with E-state index in [-0.39, 0.29) is 35.6 Å². The molecule has 2 N–H and O–H groups in total. The Kier molecular flexibility index (Phi) is 7.94. The van der Waals surface area contributed by atoms with Gasteiger partial charge in [-0.1, -0.05) is 6.07 Å². The summed E-state index contributed by atoms with van der Waals surface area (Å²) in [5.41, 5.74) is 6.32. The van der Waals surface area contributed by atoms with Gasteiger partial charge >= 0.3 is 16.2 Å². The second kappa shape index (κ2) is 10.9. The zero-order valence-corrected chi connectivity index (χ0v) is 24.8. The number of urea groups is 1. The number of hydrogen-bond donors (Lipinski definition) is 2. The van der Waals surface area contributed by atoms with E-state index >= 15 is 0 Å². The van der Waals surface area contributed by atoms with Crippen LogP contribution in [0.2, 0.25) is 0 Å². The molecule has 0 spiro atoms. The molecule has 1 aliphatic heterocycles. The first-order valence-electron chi connectivity index (χ1n) is 13.4. The first-order valence-corrected chi connectivity index (χ1v) is 14.9. The average Bonchev–Trinajstić information content (AvgIpc) is 3.54. The molecule has 1 radical (unpaired) electrons. The Labute approximate surface area is 241 Å². The Bertz CT molecular complexity index is 1240. The fourth-order valence-corrected chi connectivity index (χ4v) is 7.70. The smallest absolute Gasteiger partial charge is 0.307 e. The number of fused-ring (bicyclic) bond motifs is 2. The molecule has 1 aromatic heterocycles. The second-order valence-electron chi connectivity index (χ2n) is 10.9. The summed E-state index contributed by atoms with van der Waals surface area (Å²) in [5, 5.41) is 7.45. The molecule has 0 unspecified atom stereocenters. The summed E-state index contributed by atoms with van der Waals surface area (Å²) in [5.74, 6) is 0. The maximum atomic E-state index is 13.7. The van der Waals surface area contributed by atoms with Crippen molar-refractivity contribution in [1.29, 1.82) is 0 Å². The molecule has 9 nitrogen and oxygen atoms in total. The molecule has 4 aliphatic rings. The number of likely N-dealkylation sites (tertiary alicyclic amines) is 1. The number of amides is 2. The van der Waals surface area contributed by atoms with Crippen LogP contribution in [0.1, 0.15) is 73.2 Å². The number of nitrogens with zero attached hydrogens (tertiary/aromatic N) is 4. The van der Waals surface area contributed by atoms with E-state index in [0.717, 1.165) is 70.1 Å². The van der Waals surface area contributed by atoms with E-state index in [1.807, 2.05) is 17.9 Å². The largest absolute Gasteiger partial charge is 0.334 e. The summed E-state index contributed by atoms with van der Waals surface area (Å²) >= 11 is 0. The second-order valence-corrected chi connectivity index (χ2v) is 12.4. The van der Waals surface area contributed by atoms with Crippen molar-refractivity contribution in [2.45, 2.75) is 82.7 Å². The number of carbonyl (C=O) groups excluding carboxylic acids is 1. The topological polar surface area (TPSA) is 99.6 Å². The van der Waals surface area contributed by atoms with E-state index in [2.05, 4.69) is 26.1 Å². The van der Waals surface area contributed by atoms with Crippen molar-refractivity contribution in [1.82, 2.24) is 19.4 Å². The molecular formula is C26H36N6NaO3S. The molecular weight excluding hydrogens is 499 g/mol. The number of rotatable bonds is 6. The summed E-state index contributed by atoms with van der Waals surface area (Å²) in [6.07, 6.45) is 14.2. The molecule has 11 heteroatoms. The van der Waals surface area contributed by atoms with E-state index in [4.69, 9.17) is 0 Å². The Hall–Kier alpha value is -1.59. The third kappa shape index (κ3) is 5.32. The summed E-state index contributed by atoms with van der Waals surface area (Å²) in [6, 6.07) is 1.72. The van der Waals surface area contributed by atoms with Gasteiger partial charge in [-0.3, -0.25) is 4.68 Å². The number of anilines is 2. The summed E-state index contributed by atoms with van der Waals surface area (Å²) < 4.78 is 33.1.